The number of hydrogen-bond donors (Lipinski definition) is 1. The third kappa shape index (κ3) is 3.24. The molecule has 2 heteroatoms. The van der Waals surface area contributed by atoms with E-state index in [1.807, 2.05) is 0 Å². The molecule has 1 amide bonds. The zero-order chi connectivity index (χ0) is 8.81. The summed E-state index contributed by atoms with van der Waals surface area (Å²) < 4.78 is 0. The summed E-state index contributed by atoms with van der Waals surface area (Å²) in [7, 11) is 0. The Balaban J connectivity index is 2.10. The fourth-order valence-electron chi connectivity index (χ4n) is 1.74. The average Bonchev–Trinajstić information content (AvgIpc) is 2.05. The topological polar surface area (TPSA) is 29.1 Å². The van der Waals surface area contributed by atoms with Crippen LogP contribution in [0.15, 0.2) is 0 Å². The van der Waals surface area contributed by atoms with Crippen LogP contribution in [-0.2, 0) is 4.79 Å². The first-order chi connectivity index (χ1) is 5.83. The molecule has 1 rings (SSSR count). The van der Waals surface area contributed by atoms with E-state index in [1.165, 1.54) is 32.1 Å². The molecule has 0 aromatic carbocycles. The van der Waals surface area contributed by atoms with E-state index in [4.69, 9.17) is 0 Å². The van der Waals surface area contributed by atoms with Crippen molar-refractivity contribution in [2.75, 3.05) is 0 Å². The summed E-state index contributed by atoms with van der Waals surface area (Å²) in [5.74, 6) is 0.253. The normalized spacial score (nSPS) is 23.8. The van der Waals surface area contributed by atoms with Crippen molar-refractivity contribution in [3.05, 3.63) is 0 Å². The molecule has 1 fully saturated rings. The minimum Gasteiger partial charge on any atom is -0.353 e. The van der Waals surface area contributed by atoms with Gasteiger partial charge < -0.3 is 5.32 Å². The molecule has 1 aliphatic heterocycles. The summed E-state index contributed by atoms with van der Waals surface area (Å²) in [4.78, 5) is 11.0. The SMILES string of the molecule is CCCCCC1CCCC(=O)N1. The van der Waals surface area contributed by atoms with Crippen molar-refractivity contribution in [3.8, 4) is 0 Å². The maximum absolute atomic E-state index is 11.0. The number of piperidine rings is 1. The summed E-state index contributed by atoms with van der Waals surface area (Å²) >= 11 is 0. The Labute approximate surface area is 74.7 Å². The molecular weight excluding hydrogens is 150 g/mol. The van der Waals surface area contributed by atoms with E-state index in [2.05, 4.69) is 12.2 Å². The maximum Gasteiger partial charge on any atom is 0.220 e. The second kappa shape index (κ2) is 5.18. The maximum atomic E-state index is 11.0. The summed E-state index contributed by atoms with van der Waals surface area (Å²) in [6.07, 6.45) is 8.02. The molecule has 0 bridgehead atoms. The van der Waals surface area contributed by atoms with Gasteiger partial charge in [0.15, 0.2) is 0 Å². The zero-order valence-corrected chi connectivity index (χ0v) is 7.94. The Morgan fingerprint density at radius 3 is 3.00 bits per heavy atom. The van der Waals surface area contributed by atoms with Gasteiger partial charge in [-0.2, -0.15) is 0 Å². The number of hydrogen-bond acceptors (Lipinski definition) is 1. The summed E-state index contributed by atoms with van der Waals surface area (Å²) in [6, 6.07) is 0.484. The van der Waals surface area contributed by atoms with Gasteiger partial charge in [0.2, 0.25) is 5.91 Å². The van der Waals surface area contributed by atoms with Crippen LogP contribution in [0.3, 0.4) is 0 Å². The van der Waals surface area contributed by atoms with Gasteiger partial charge in [0.1, 0.15) is 0 Å². The van der Waals surface area contributed by atoms with Crippen molar-refractivity contribution >= 4 is 5.91 Å². The number of rotatable bonds is 4. The second-order valence-electron chi connectivity index (χ2n) is 3.65. The van der Waals surface area contributed by atoms with Gasteiger partial charge in [-0.15, -0.1) is 0 Å². The van der Waals surface area contributed by atoms with Crippen LogP contribution in [0, 0.1) is 0 Å². The van der Waals surface area contributed by atoms with Gasteiger partial charge >= 0.3 is 0 Å². The Kier molecular flexibility index (Phi) is 4.12. The molecule has 1 unspecified atom stereocenters. The molecule has 1 N–H and O–H groups in total. The monoisotopic (exact) mass is 169 g/mol. The van der Waals surface area contributed by atoms with Crippen molar-refractivity contribution in [3.63, 3.8) is 0 Å². The van der Waals surface area contributed by atoms with Crippen LogP contribution >= 0.6 is 0 Å². The van der Waals surface area contributed by atoms with Crippen LogP contribution in [0.4, 0.5) is 0 Å². The van der Waals surface area contributed by atoms with E-state index in [0.717, 1.165) is 12.8 Å². The molecule has 0 aromatic rings. The van der Waals surface area contributed by atoms with Gasteiger partial charge in [-0.3, -0.25) is 4.79 Å². The van der Waals surface area contributed by atoms with Gasteiger partial charge in [-0.25, -0.2) is 0 Å². The first kappa shape index (κ1) is 9.56. The van der Waals surface area contributed by atoms with Gasteiger partial charge in [-0.1, -0.05) is 26.2 Å². The highest BCUT2D eigenvalue weighted by atomic mass is 16.1. The lowest BCUT2D eigenvalue weighted by atomic mass is 9.99. The predicted molar refractivity (Wildman–Crippen MR) is 49.9 cm³/mol. The molecule has 0 radical (unpaired) electrons. The van der Waals surface area contributed by atoms with E-state index >= 15 is 0 Å². The number of carbonyl (C=O) groups excluding carboxylic acids is 1. The molecule has 1 heterocycles. The summed E-state index contributed by atoms with van der Waals surface area (Å²) in [6.45, 7) is 2.21. The molecule has 0 aliphatic carbocycles. The van der Waals surface area contributed by atoms with Gasteiger partial charge in [0, 0.05) is 12.5 Å². The number of nitrogens with one attached hydrogen (secondary N) is 1. The Bertz CT molecular complexity index is 145. The lowest BCUT2D eigenvalue weighted by Gasteiger charge is -2.22. The van der Waals surface area contributed by atoms with Gasteiger partial charge in [-0.05, 0) is 19.3 Å². The van der Waals surface area contributed by atoms with Crippen LogP contribution in [0.2, 0.25) is 0 Å². The number of unbranched alkanes of at least 4 members (excludes halogenated alkanes) is 2. The first-order valence-corrected chi connectivity index (χ1v) is 5.12. The molecule has 0 aromatic heterocycles. The highest BCUT2D eigenvalue weighted by Gasteiger charge is 2.16. The van der Waals surface area contributed by atoms with E-state index in [0.29, 0.717) is 6.04 Å². The van der Waals surface area contributed by atoms with Crippen LogP contribution in [-0.4, -0.2) is 11.9 Å². The summed E-state index contributed by atoms with van der Waals surface area (Å²) in [5, 5.41) is 3.04. The van der Waals surface area contributed by atoms with Crippen LogP contribution < -0.4 is 5.32 Å². The van der Waals surface area contributed by atoms with Crippen molar-refractivity contribution in [1.29, 1.82) is 0 Å². The smallest absolute Gasteiger partial charge is 0.220 e. The van der Waals surface area contributed by atoms with Crippen molar-refractivity contribution in [2.45, 2.75) is 57.9 Å². The number of carbonyl (C=O) groups is 1. The van der Waals surface area contributed by atoms with Crippen LogP contribution in [0.1, 0.15) is 51.9 Å². The standard InChI is InChI=1S/C10H19NO/c1-2-3-4-6-9-7-5-8-10(12)11-9/h9H,2-8H2,1H3,(H,11,12). The highest BCUT2D eigenvalue weighted by Crippen LogP contribution is 2.13. The van der Waals surface area contributed by atoms with E-state index in [9.17, 15) is 4.79 Å². The minimum absolute atomic E-state index is 0.253. The molecule has 1 saturated heterocycles. The minimum atomic E-state index is 0.253. The number of amides is 1. The molecule has 0 spiro atoms. The van der Waals surface area contributed by atoms with Crippen molar-refractivity contribution in [1.82, 2.24) is 5.32 Å². The molecule has 1 aliphatic rings. The Hall–Kier alpha value is -0.530. The second-order valence-corrected chi connectivity index (χ2v) is 3.65. The predicted octanol–water partition coefficient (Wildman–Crippen LogP) is 2.24. The third-order valence-electron chi connectivity index (χ3n) is 2.48. The molecule has 2 nitrogen and oxygen atoms in total. The lowest BCUT2D eigenvalue weighted by molar-refractivity contribution is -0.123. The first-order valence-electron chi connectivity index (χ1n) is 5.12. The fraction of sp³-hybridized carbons (Fsp3) is 0.900. The molecule has 70 valence electrons. The molecule has 1 atom stereocenters. The van der Waals surface area contributed by atoms with Gasteiger partial charge in [0.05, 0.1) is 0 Å². The lowest BCUT2D eigenvalue weighted by Crippen LogP contribution is -2.38. The largest absolute Gasteiger partial charge is 0.353 e. The van der Waals surface area contributed by atoms with Crippen molar-refractivity contribution < 1.29 is 4.79 Å². The molecular formula is C10H19NO. The molecule has 12 heavy (non-hydrogen) atoms. The average molecular weight is 169 g/mol. The zero-order valence-electron chi connectivity index (χ0n) is 7.94. The Morgan fingerprint density at radius 2 is 2.33 bits per heavy atom. The van der Waals surface area contributed by atoms with Crippen LogP contribution in [0.5, 0.6) is 0 Å². The van der Waals surface area contributed by atoms with Gasteiger partial charge in [0.25, 0.3) is 0 Å². The van der Waals surface area contributed by atoms with E-state index in [-0.39, 0.29) is 5.91 Å². The molecule has 0 saturated carbocycles. The van der Waals surface area contributed by atoms with E-state index in [1.54, 1.807) is 0 Å². The van der Waals surface area contributed by atoms with Crippen LogP contribution in [0.25, 0.3) is 0 Å². The van der Waals surface area contributed by atoms with Crippen molar-refractivity contribution in [2.24, 2.45) is 0 Å². The Morgan fingerprint density at radius 1 is 1.50 bits per heavy atom. The quantitative estimate of drug-likeness (QED) is 0.642. The third-order valence-corrected chi connectivity index (χ3v) is 2.48. The summed E-state index contributed by atoms with van der Waals surface area (Å²) in [5.41, 5.74) is 0. The highest BCUT2D eigenvalue weighted by molar-refractivity contribution is 5.76. The fourth-order valence-corrected chi connectivity index (χ4v) is 1.74. The van der Waals surface area contributed by atoms with E-state index < -0.39 is 0 Å².